The van der Waals surface area contributed by atoms with Gasteiger partial charge in [-0.1, -0.05) is 5.10 Å². The fraction of sp³-hybridized carbons (Fsp3) is 0.250. The molecule has 1 heterocycles. The predicted octanol–water partition coefficient (Wildman–Crippen LogP) is 0.644. The van der Waals surface area contributed by atoms with Gasteiger partial charge in [0.05, 0.1) is 18.6 Å². The Morgan fingerprint density at radius 1 is 1.50 bits per heavy atom. The fourth-order valence-electron chi connectivity index (χ4n) is 1.72. The van der Waals surface area contributed by atoms with Crippen LogP contribution in [0.1, 0.15) is 17.3 Å². The lowest BCUT2D eigenvalue weighted by Crippen LogP contribution is -2.34. The monoisotopic (exact) mass is 351 g/mol. The normalized spacial score (nSPS) is 10.1. The van der Waals surface area contributed by atoms with E-state index < -0.39 is 10.8 Å². The van der Waals surface area contributed by atoms with Crippen molar-refractivity contribution in [1.82, 2.24) is 25.5 Å². The van der Waals surface area contributed by atoms with E-state index in [0.717, 1.165) is 6.07 Å². The van der Waals surface area contributed by atoms with E-state index in [2.05, 4.69) is 26.0 Å². The summed E-state index contributed by atoms with van der Waals surface area (Å²) in [6.45, 7) is 1.97. The number of carbonyl (C=O) groups excluding carboxylic acids is 1. The molecule has 0 aliphatic rings. The third-order valence-electron chi connectivity index (χ3n) is 2.68. The summed E-state index contributed by atoms with van der Waals surface area (Å²) in [4.78, 5) is 23.8. The molecule has 0 saturated carbocycles. The summed E-state index contributed by atoms with van der Waals surface area (Å²) in [5.41, 5.74) is -0.250. The zero-order valence-corrected chi connectivity index (χ0v) is 13.5. The number of nitro benzene ring substituents is 1. The number of tetrazole rings is 1. The molecule has 0 unspecified atom stereocenters. The van der Waals surface area contributed by atoms with Gasteiger partial charge in [-0.05, 0) is 36.5 Å². The Labute approximate surface area is 141 Å². The van der Waals surface area contributed by atoms with Gasteiger partial charge in [-0.2, -0.15) is 4.80 Å². The van der Waals surface area contributed by atoms with Crippen molar-refractivity contribution in [2.75, 3.05) is 11.9 Å². The van der Waals surface area contributed by atoms with Gasteiger partial charge in [0.25, 0.3) is 11.9 Å². The standard InChI is InChI=1S/C12H13N7O4S/c1-3-23-9-5-4-7(6-8(9)19(21)22)10(20)13-12(24)14-11-15-17-18(2)16-11/h4-6H,3H2,1-2H3,(H2,13,14,16,20,24). The lowest BCUT2D eigenvalue weighted by atomic mass is 10.1. The highest BCUT2D eigenvalue weighted by molar-refractivity contribution is 7.80. The second-order valence-corrected chi connectivity index (χ2v) is 4.79. The quantitative estimate of drug-likeness (QED) is 0.451. The third-order valence-corrected chi connectivity index (χ3v) is 2.88. The van der Waals surface area contributed by atoms with Crippen LogP contribution in [0.2, 0.25) is 0 Å². The number of rotatable bonds is 5. The zero-order chi connectivity index (χ0) is 17.7. The minimum Gasteiger partial charge on any atom is -0.487 e. The molecule has 2 aromatic rings. The Balaban J connectivity index is 2.10. The maximum Gasteiger partial charge on any atom is 0.311 e. The summed E-state index contributed by atoms with van der Waals surface area (Å²) in [7, 11) is 1.57. The highest BCUT2D eigenvalue weighted by atomic mass is 32.1. The summed E-state index contributed by atoms with van der Waals surface area (Å²) in [5, 5.41) is 27.0. The molecule has 2 N–H and O–H groups in total. The number of aromatic nitrogens is 4. The number of nitro groups is 1. The molecule has 2 rings (SSSR count). The van der Waals surface area contributed by atoms with Crippen LogP contribution >= 0.6 is 12.2 Å². The van der Waals surface area contributed by atoms with E-state index in [1.54, 1.807) is 14.0 Å². The van der Waals surface area contributed by atoms with Crippen LogP contribution in [-0.4, -0.2) is 42.8 Å². The van der Waals surface area contributed by atoms with Gasteiger partial charge in [0.15, 0.2) is 10.9 Å². The molecule has 11 nitrogen and oxygen atoms in total. The molecule has 1 amide bonds. The van der Waals surface area contributed by atoms with Gasteiger partial charge in [-0.15, -0.1) is 5.10 Å². The smallest absolute Gasteiger partial charge is 0.311 e. The van der Waals surface area contributed by atoms with Crippen molar-refractivity contribution in [2.24, 2.45) is 7.05 Å². The van der Waals surface area contributed by atoms with Crippen molar-refractivity contribution < 1.29 is 14.5 Å². The maximum absolute atomic E-state index is 12.1. The molecule has 0 saturated heterocycles. The molecule has 1 aromatic carbocycles. The number of carbonyl (C=O) groups is 1. The van der Waals surface area contributed by atoms with Gasteiger partial charge in [0, 0.05) is 11.6 Å². The molecule has 0 bridgehead atoms. The first-order chi connectivity index (χ1) is 11.4. The first-order valence-corrected chi connectivity index (χ1v) is 7.09. The van der Waals surface area contributed by atoms with E-state index in [4.69, 9.17) is 17.0 Å². The van der Waals surface area contributed by atoms with Crippen LogP contribution in [0.4, 0.5) is 11.6 Å². The van der Waals surface area contributed by atoms with Crippen LogP contribution in [0.25, 0.3) is 0 Å². The van der Waals surface area contributed by atoms with Crippen LogP contribution in [0.5, 0.6) is 5.75 Å². The van der Waals surface area contributed by atoms with Gasteiger partial charge in [-0.25, -0.2) is 0 Å². The Bertz CT molecular complexity index is 791. The van der Waals surface area contributed by atoms with Crippen molar-refractivity contribution in [3.05, 3.63) is 33.9 Å². The van der Waals surface area contributed by atoms with Crippen LogP contribution in [-0.2, 0) is 7.05 Å². The number of thiocarbonyl (C=S) groups is 1. The van der Waals surface area contributed by atoms with Crippen molar-refractivity contribution >= 4 is 34.9 Å². The van der Waals surface area contributed by atoms with Crippen LogP contribution < -0.4 is 15.4 Å². The number of hydrogen-bond donors (Lipinski definition) is 2. The number of nitrogens with one attached hydrogen (secondary N) is 2. The molecule has 126 valence electrons. The molecule has 0 aliphatic carbocycles. The van der Waals surface area contributed by atoms with Crippen molar-refractivity contribution in [1.29, 1.82) is 0 Å². The Kier molecular flexibility index (Phi) is 5.31. The van der Waals surface area contributed by atoms with E-state index >= 15 is 0 Å². The summed E-state index contributed by atoms with van der Waals surface area (Å²) in [6, 6.07) is 3.87. The summed E-state index contributed by atoms with van der Waals surface area (Å²) in [6.07, 6.45) is 0. The van der Waals surface area contributed by atoms with E-state index in [0.29, 0.717) is 0 Å². The number of anilines is 1. The van der Waals surface area contributed by atoms with Crippen LogP contribution in [0, 0.1) is 10.1 Å². The van der Waals surface area contributed by atoms with E-state index in [-0.39, 0.29) is 34.7 Å². The molecule has 0 atom stereocenters. The molecule has 0 fully saturated rings. The summed E-state index contributed by atoms with van der Waals surface area (Å²) < 4.78 is 5.16. The Morgan fingerprint density at radius 3 is 2.83 bits per heavy atom. The fourth-order valence-corrected chi connectivity index (χ4v) is 1.91. The third kappa shape index (κ3) is 4.19. The van der Waals surface area contributed by atoms with Crippen molar-refractivity contribution in [2.45, 2.75) is 6.92 Å². The first-order valence-electron chi connectivity index (χ1n) is 6.68. The lowest BCUT2D eigenvalue weighted by molar-refractivity contribution is -0.385. The number of benzene rings is 1. The number of aryl methyl sites for hydroxylation is 1. The lowest BCUT2D eigenvalue weighted by Gasteiger charge is -2.08. The van der Waals surface area contributed by atoms with Crippen LogP contribution in [0.15, 0.2) is 18.2 Å². The molecule has 24 heavy (non-hydrogen) atoms. The number of amides is 1. The molecule has 0 aliphatic heterocycles. The zero-order valence-electron chi connectivity index (χ0n) is 12.7. The molecule has 0 spiro atoms. The molecule has 1 aromatic heterocycles. The number of ether oxygens (including phenoxy) is 1. The largest absolute Gasteiger partial charge is 0.487 e. The van der Waals surface area contributed by atoms with Gasteiger partial charge in [0.2, 0.25) is 0 Å². The molecule has 0 radical (unpaired) electrons. The van der Waals surface area contributed by atoms with Crippen molar-refractivity contribution in [3.63, 3.8) is 0 Å². The van der Waals surface area contributed by atoms with Crippen molar-refractivity contribution in [3.8, 4) is 5.75 Å². The van der Waals surface area contributed by atoms with E-state index in [9.17, 15) is 14.9 Å². The Morgan fingerprint density at radius 2 is 2.25 bits per heavy atom. The molecular formula is C12H13N7O4S. The average molecular weight is 351 g/mol. The summed E-state index contributed by atoms with van der Waals surface area (Å²) >= 11 is 4.95. The second-order valence-electron chi connectivity index (χ2n) is 4.38. The highest BCUT2D eigenvalue weighted by Crippen LogP contribution is 2.27. The average Bonchev–Trinajstić information content (AvgIpc) is 2.92. The highest BCUT2D eigenvalue weighted by Gasteiger charge is 2.19. The molecular weight excluding hydrogens is 338 g/mol. The number of nitrogens with zero attached hydrogens (tertiary/aromatic N) is 5. The topological polar surface area (TPSA) is 137 Å². The maximum atomic E-state index is 12.1. The van der Waals surface area contributed by atoms with Gasteiger partial charge in [0.1, 0.15) is 0 Å². The minimum absolute atomic E-state index is 0.0569. The first kappa shape index (κ1) is 17.2. The van der Waals surface area contributed by atoms with Gasteiger partial charge < -0.3 is 4.74 Å². The van der Waals surface area contributed by atoms with Gasteiger partial charge in [-0.3, -0.25) is 25.5 Å². The SMILES string of the molecule is CCOc1ccc(C(=O)NC(=S)Nc2nnn(C)n2)cc1[N+](=O)[O-]. The van der Waals surface area contributed by atoms with E-state index in [1.807, 2.05) is 0 Å². The number of hydrogen-bond acceptors (Lipinski definition) is 8. The van der Waals surface area contributed by atoms with E-state index in [1.165, 1.54) is 16.9 Å². The summed E-state index contributed by atoms with van der Waals surface area (Å²) in [5.74, 6) is -0.425. The van der Waals surface area contributed by atoms with Gasteiger partial charge >= 0.3 is 5.69 Å². The minimum atomic E-state index is -0.623. The predicted molar refractivity (Wildman–Crippen MR) is 86.8 cm³/mol. The Hall–Kier alpha value is -3.15. The second kappa shape index (κ2) is 7.41. The molecule has 12 heteroatoms. The van der Waals surface area contributed by atoms with Crippen LogP contribution in [0.3, 0.4) is 0 Å².